The summed E-state index contributed by atoms with van der Waals surface area (Å²) in [5.74, 6) is -0.642. The number of nitrogens with one attached hydrogen (secondary N) is 1. The van der Waals surface area contributed by atoms with Crippen molar-refractivity contribution < 1.29 is 17.6 Å². The lowest BCUT2D eigenvalue weighted by Crippen LogP contribution is -2.37. The van der Waals surface area contributed by atoms with Gasteiger partial charge in [0.25, 0.3) is 15.9 Å². The monoisotopic (exact) mass is 431 g/mol. The maximum atomic E-state index is 13.5. The second-order valence-electron chi connectivity index (χ2n) is 8.00. The number of aryl methyl sites for hydroxylation is 1. The standard InChI is InChI=1S/C22H26FN3O3S/c1-16-14-18(8-9-20(16)23)30(28,29)24-21-7-3-2-6-19(21)22(27)26-13-10-17(15-26)25-11-4-5-12-25/h2-3,6-9,14,17,24H,4-5,10-13,15H2,1H3. The molecule has 160 valence electrons. The summed E-state index contributed by atoms with van der Waals surface area (Å²) in [6, 6.07) is 10.6. The highest BCUT2D eigenvalue weighted by Crippen LogP contribution is 2.26. The Kier molecular flexibility index (Phi) is 5.79. The zero-order valence-electron chi connectivity index (χ0n) is 17.0. The lowest BCUT2D eigenvalue weighted by molar-refractivity contribution is 0.0781. The van der Waals surface area contributed by atoms with Crippen molar-refractivity contribution in [1.82, 2.24) is 9.80 Å². The van der Waals surface area contributed by atoms with Gasteiger partial charge in [-0.25, -0.2) is 12.8 Å². The van der Waals surface area contributed by atoms with Gasteiger partial charge >= 0.3 is 0 Å². The van der Waals surface area contributed by atoms with Crippen molar-refractivity contribution in [3.63, 3.8) is 0 Å². The Morgan fingerprint density at radius 3 is 2.57 bits per heavy atom. The molecule has 30 heavy (non-hydrogen) atoms. The summed E-state index contributed by atoms with van der Waals surface area (Å²) >= 11 is 0. The second-order valence-corrected chi connectivity index (χ2v) is 9.68. The first-order valence-electron chi connectivity index (χ1n) is 10.3. The molecule has 2 aromatic carbocycles. The van der Waals surface area contributed by atoms with Gasteiger partial charge in [-0.1, -0.05) is 12.1 Å². The number of hydrogen-bond donors (Lipinski definition) is 1. The van der Waals surface area contributed by atoms with Crippen LogP contribution in [0.3, 0.4) is 0 Å². The molecular formula is C22H26FN3O3S. The molecule has 4 rings (SSSR count). The average Bonchev–Trinajstić information content (AvgIpc) is 3.41. The number of para-hydroxylation sites is 1. The zero-order chi connectivity index (χ0) is 21.3. The molecule has 1 N–H and O–H groups in total. The normalized spacial score (nSPS) is 19.9. The Balaban J connectivity index is 1.53. The maximum absolute atomic E-state index is 13.5. The van der Waals surface area contributed by atoms with Crippen LogP contribution >= 0.6 is 0 Å². The molecule has 2 aliphatic heterocycles. The van der Waals surface area contributed by atoms with E-state index in [-0.39, 0.29) is 22.1 Å². The molecule has 1 unspecified atom stereocenters. The van der Waals surface area contributed by atoms with Crippen LogP contribution in [0, 0.1) is 12.7 Å². The quantitative estimate of drug-likeness (QED) is 0.789. The number of amides is 1. The maximum Gasteiger partial charge on any atom is 0.261 e. The van der Waals surface area contributed by atoms with Crippen molar-refractivity contribution in [2.75, 3.05) is 30.9 Å². The number of likely N-dealkylation sites (tertiary alicyclic amines) is 2. The molecule has 1 amide bonds. The number of hydrogen-bond acceptors (Lipinski definition) is 4. The van der Waals surface area contributed by atoms with Gasteiger partial charge in [-0.2, -0.15) is 0 Å². The highest BCUT2D eigenvalue weighted by Gasteiger charge is 2.33. The van der Waals surface area contributed by atoms with E-state index in [4.69, 9.17) is 0 Å². The van der Waals surface area contributed by atoms with E-state index in [9.17, 15) is 17.6 Å². The van der Waals surface area contributed by atoms with E-state index in [1.54, 1.807) is 29.2 Å². The molecule has 8 heteroatoms. The summed E-state index contributed by atoms with van der Waals surface area (Å²) < 4.78 is 41.7. The Hall–Kier alpha value is -2.45. The largest absolute Gasteiger partial charge is 0.337 e. The van der Waals surface area contributed by atoms with Crippen molar-refractivity contribution >= 4 is 21.6 Å². The Morgan fingerprint density at radius 2 is 1.83 bits per heavy atom. The first kappa shape index (κ1) is 20.8. The van der Waals surface area contributed by atoms with Gasteiger partial charge in [-0.15, -0.1) is 0 Å². The summed E-state index contributed by atoms with van der Waals surface area (Å²) in [4.78, 5) is 17.4. The fourth-order valence-electron chi connectivity index (χ4n) is 4.25. The van der Waals surface area contributed by atoms with Gasteiger partial charge in [-0.3, -0.25) is 14.4 Å². The van der Waals surface area contributed by atoms with E-state index in [1.165, 1.54) is 31.9 Å². The molecule has 0 aliphatic carbocycles. The predicted octanol–water partition coefficient (Wildman–Crippen LogP) is 3.25. The lowest BCUT2D eigenvalue weighted by Gasteiger charge is -2.24. The van der Waals surface area contributed by atoms with Crippen LogP contribution in [-0.2, 0) is 10.0 Å². The molecule has 1 atom stereocenters. The van der Waals surface area contributed by atoms with Gasteiger partial charge < -0.3 is 4.90 Å². The number of carbonyl (C=O) groups is 1. The Labute approximate surface area is 176 Å². The molecule has 0 spiro atoms. The number of carbonyl (C=O) groups excluding carboxylic acids is 1. The smallest absolute Gasteiger partial charge is 0.261 e. The molecule has 2 saturated heterocycles. The Bertz CT molecular complexity index is 1050. The van der Waals surface area contributed by atoms with E-state index in [0.717, 1.165) is 25.6 Å². The number of anilines is 1. The van der Waals surface area contributed by atoms with Crippen molar-refractivity contribution in [1.29, 1.82) is 0 Å². The van der Waals surface area contributed by atoms with Gasteiger partial charge in [0.05, 0.1) is 16.1 Å². The summed E-state index contributed by atoms with van der Waals surface area (Å²) in [5, 5.41) is 0. The Morgan fingerprint density at radius 1 is 1.10 bits per heavy atom. The third-order valence-corrected chi connectivity index (χ3v) is 7.31. The summed E-state index contributed by atoms with van der Waals surface area (Å²) in [6.07, 6.45) is 3.35. The van der Waals surface area contributed by atoms with Crippen molar-refractivity contribution in [2.24, 2.45) is 0 Å². The first-order chi connectivity index (χ1) is 14.3. The number of benzene rings is 2. The minimum absolute atomic E-state index is 0.0427. The average molecular weight is 432 g/mol. The highest BCUT2D eigenvalue weighted by molar-refractivity contribution is 7.92. The molecule has 6 nitrogen and oxygen atoms in total. The fourth-order valence-corrected chi connectivity index (χ4v) is 5.41. The molecule has 2 fully saturated rings. The van der Waals surface area contributed by atoms with E-state index in [0.29, 0.717) is 24.7 Å². The van der Waals surface area contributed by atoms with Crippen LogP contribution in [0.25, 0.3) is 0 Å². The van der Waals surface area contributed by atoms with Gasteiger partial charge in [0.15, 0.2) is 0 Å². The van der Waals surface area contributed by atoms with Crippen LogP contribution in [0.1, 0.15) is 35.2 Å². The molecule has 0 radical (unpaired) electrons. The van der Waals surface area contributed by atoms with Crippen LogP contribution < -0.4 is 4.72 Å². The van der Waals surface area contributed by atoms with Gasteiger partial charge in [0.1, 0.15) is 5.82 Å². The molecule has 2 heterocycles. The van der Waals surface area contributed by atoms with Gasteiger partial charge in [0, 0.05) is 19.1 Å². The molecule has 0 saturated carbocycles. The first-order valence-corrected chi connectivity index (χ1v) is 11.7. The molecule has 0 bridgehead atoms. The fraction of sp³-hybridized carbons (Fsp3) is 0.409. The molecule has 2 aromatic rings. The van der Waals surface area contributed by atoms with Crippen molar-refractivity contribution in [3.8, 4) is 0 Å². The van der Waals surface area contributed by atoms with Crippen LogP contribution in [0.4, 0.5) is 10.1 Å². The molecule has 2 aliphatic rings. The van der Waals surface area contributed by atoms with E-state index in [2.05, 4.69) is 9.62 Å². The topological polar surface area (TPSA) is 69.7 Å². The highest BCUT2D eigenvalue weighted by atomic mass is 32.2. The molecule has 0 aromatic heterocycles. The van der Waals surface area contributed by atoms with Crippen LogP contribution in [0.2, 0.25) is 0 Å². The SMILES string of the molecule is Cc1cc(S(=O)(=O)Nc2ccccc2C(=O)N2CCC(N3CCCC3)C2)ccc1F. The number of rotatable bonds is 5. The lowest BCUT2D eigenvalue weighted by atomic mass is 10.1. The summed E-state index contributed by atoms with van der Waals surface area (Å²) in [6.45, 7) is 5.01. The minimum Gasteiger partial charge on any atom is -0.337 e. The van der Waals surface area contributed by atoms with Crippen molar-refractivity contribution in [3.05, 3.63) is 59.4 Å². The third-order valence-electron chi connectivity index (χ3n) is 5.95. The van der Waals surface area contributed by atoms with Crippen molar-refractivity contribution in [2.45, 2.75) is 37.1 Å². The molecular weight excluding hydrogens is 405 g/mol. The van der Waals surface area contributed by atoms with E-state index >= 15 is 0 Å². The van der Waals surface area contributed by atoms with E-state index < -0.39 is 15.8 Å². The number of sulfonamides is 1. The summed E-state index contributed by atoms with van der Waals surface area (Å²) in [5.41, 5.74) is 0.795. The summed E-state index contributed by atoms with van der Waals surface area (Å²) in [7, 11) is -3.95. The van der Waals surface area contributed by atoms with Gasteiger partial charge in [0.2, 0.25) is 0 Å². The number of nitrogens with zero attached hydrogens (tertiary/aromatic N) is 2. The number of halogens is 1. The van der Waals surface area contributed by atoms with Crippen LogP contribution in [-0.4, -0.2) is 56.3 Å². The second kappa shape index (κ2) is 8.35. The van der Waals surface area contributed by atoms with Crippen LogP contribution in [0.15, 0.2) is 47.4 Å². The van der Waals surface area contributed by atoms with Gasteiger partial charge in [-0.05, 0) is 75.2 Å². The minimum atomic E-state index is -3.95. The third kappa shape index (κ3) is 4.20. The van der Waals surface area contributed by atoms with E-state index in [1.807, 2.05) is 0 Å². The predicted molar refractivity (Wildman–Crippen MR) is 114 cm³/mol. The van der Waals surface area contributed by atoms with Crippen LogP contribution in [0.5, 0.6) is 0 Å². The zero-order valence-corrected chi connectivity index (χ0v) is 17.8.